The molecule has 1 fully saturated rings. The first-order chi connectivity index (χ1) is 14.1. The zero-order chi connectivity index (χ0) is 21.9. The van der Waals surface area contributed by atoms with E-state index >= 15 is 0 Å². The molecule has 162 valence electrons. The molecule has 1 aliphatic carbocycles. The zero-order valence-electron chi connectivity index (χ0n) is 16.5. The van der Waals surface area contributed by atoms with Crippen LogP contribution in [-0.2, 0) is 10.0 Å². The normalized spacial score (nSPS) is 21.8. The second kappa shape index (κ2) is 8.79. The third-order valence-corrected chi connectivity index (χ3v) is 6.96. The second-order valence-corrected chi connectivity index (χ2v) is 9.89. The first kappa shape index (κ1) is 22.3. The average Bonchev–Trinajstić information content (AvgIpc) is 2.67. The van der Waals surface area contributed by atoms with Crippen molar-refractivity contribution in [2.24, 2.45) is 5.92 Å². The van der Waals surface area contributed by atoms with Gasteiger partial charge in [-0.15, -0.1) is 0 Å². The molecular weight excluding hydrogens is 430 g/mol. The number of anilines is 2. The van der Waals surface area contributed by atoms with Crippen LogP contribution in [0.4, 0.5) is 17.1 Å². The predicted molar refractivity (Wildman–Crippen MR) is 116 cm³/mol. The fourth-order valence-electron chi connectivity index (χ4n) is 3.78. The van der Waals surface area contributed by atoms with Gasteiger partial charge in [-0.2, -0.15) is 0 Å². The highest BCUT2D eigenvalue weighted by molar-refractivity contribution is 7.92. The summed E-state index contributed by atoms with van der Waals surface area (Å²) in [5.74, 6) is 0.379. The lowest BCUT2D eigenvalue weighted by Gasteiger charge is -2.35. The molecule has 0 aromatic heterocycles. The first-order valence-corrected chi connectivity index (χ1v) is 11.5. The number of nitrogens with one attached hydrogen (secondary N) is 2. The number of rotatable bonds is 7. The minimum Gasteiger partial charge on any atom is -0.388 e. The van der Waals surface area contributed by atoms with Crippen LogP contribution in [0, 0.1) is 16.0 Å². The van der Waals surface area contributed by atoms with Crippen molar-refractivity contribution >= 4 is 38.7 Å². The summed E-state index contributed by atoms with van der Waals surface area (Å²) in [6.45, 7) is 2.22. The maximum atomic E-state index is 12.7. The highest BCUT2D eigenvalue weighted by atomic mass is 35.5. The maximum absolute atomic E-state index is 12.7. The van der Waals surface area contributed by atoms with E-state index in [1.165, 1.54) is 24.3 Å². The van der Waals surface area contributed by atoms with Gasteiger partial charge in [0.1, 0.15) is 5.69 Å². The lowest BCUT2D eigenvalue weighted by Crippen LogP contribution is -2.41. The third kappa shape index (κ3) is 5.21. The molecule has 10 heteroatoms. The number of nitro groups is 1. The number of sulfonamides is 1. The van der Waals surface area contributed by atoms with Gasteiger partial charge in [0.25, 0.3) is 15.7 Å². The number of hydrogen-bond acceptors (Lipinski definition) is 6. The van der Waals surface area contributed by atoms with Gasteiger partial charge in [-0.1, -0.05) is 43.5 Å². The van der Waals surface area contributed by atoms with E-state index in [0.29, 0.717) is 18.8 Å². The van der Waals surface area contributed by atoms with Crippen LogP contribution in [0.25, 0.3) is 0 Å². The molecule has 30 heavy (non-hydrogen) atoms. The standard InChI is InChI=1S/C20H24ClN3O5S/c1-14-5-4-10-20(25,12-14)13-22-18-9-8-15(11-19(18)24(26)27)30(28,29)23-17-7-3-2-6-16(17)21/h2-3,6-9,11,14,22-23,25H,4-5,10,12-13H2,1H3/t14-,20+/m1/s1. The summed E-state index contributed by atoms with van der Waals surface area (Å²) in [5, 5.41) is 25.5. The maximum Gasteiger partial charge on any atom is 0.293 e. The van der Waals surface area contributed by atoms with E-state index in [-0.39, 0.29) is 33.5 Å². The molecule has 2 aromatic rings. The predicted octanol–water partition coefficient (Wildman–Crippen LogP) is 4.40. The van der Waals surface area contributed by atoms with Crippen LogP contribution in [0.3, 0.4) is 0 Å². The smallest absolute Gasteiger partial charge is 0.293 e. The molecule has 0 spiro atoms. The van der Waals surface area contributed by atoms with Crippen LogP contribution in [0.5, 0.6) is 0 Å². The molecule has 0 aliphatic heterocycles. The van der Waals surface area contributed by atoms with Crippen molar-refractivity contribution in [2.75, 3.05) is 16.6 Å². The molecule has 8 nitrogen and oxygen atoms in total. The lowest BCUT2D eigenvalue weighted by atomic mass is 9.79. The summed E-state index contributed by atoms with van der Waals surface area (Å²) in [6, 6.07) is 9.93. The molecular formula is C20H24ClN3O5S. The first-order valence-electron chi connectivity index (χ1n) is 9.62. The Morgan fingerprint density at radius 2 is 2.00 bits per heavy atom. The van der Waals surface area contributed by atoms with Crippen molar-refractivity contribution in [3.8, 4) is 0 Å². The van der Waals surface area contributed by atoms with E-state index in [0.717, 1.165) is 18.9 Å². The van der Waals surface area contributed by atoms with Crippen molar-refractivity contribution in [3.63, 3.8) is 0 Å². The van der Waals surface area contributed by atoms with E-state index < -0.39 is 20.5 Å². The number of hydrogen-bond donors (Lipinski definition) is 3. The van der Waals surface area contributed by atoms with Gasteiger partial charge >= 0.3 is 0 Å². The molecule has 2 atom stereocenters. The van der Waals surface area contributed by atoms with Gasteiger partial charge in [-0.3, -0.25) is 14.8 Å². The van der Waals surface area contributed by atoms with Crippen LogP contribution >= 0.6 is 11.6 Å². The highest BCUT2D eigenvalue weighted by Gasteiger charge is 2.33. The minimum atomic E-state index is -4.08. The molecule has 0 heterocycles. The molecule has 0 amide bonds. The van der Waals surface area contributed by atoms with Crippen molar-refractivity contribution in [1.82, 2.24) is 0 Å². The van der Waals surface area contributed by atoms with Gasteiger partial charge in [-0.25, -0.2) is 8.42 Å². The largest absolute Gasteiger partial charge is 0.388 e. The number of benzene rings is 2. The van der Waals surface area contributed by atoms with Gasteiger partial charge in [0.05, 0.1) is 26.1 Å². The summed E-state index contributed by atoms with van der Waals surface area (Å²) in [7, 11) is -4.08. The SMILES string of the molecule is C[C@@H]1CCC[C@@](O)(CNc2ccc(S(=O)(=O)Nc3ccccc3Cl)cc2[N+](=O)[O-])C1. The molecule has 0 unspecified atom stereocenters. The summed E-state index contributed by atoms with van der Waals surface area (Å²) < 4.78 is 27.7. The van der Waals surface area contributed by atoms with Crippen LogP contribution in [0.2, 0.25) is 5.02 Å². The molecule has 2 aromatic carbocycles. The van der Waals surface area contributed by atoms with Gasteiger partial charge in [0, 0.05) is 12.6 Å². The summed E-state index contributed by atoms with van der Waals surface area (Å²) in [4.78, 5) is 10.7. The Balaban J connectivity index is 1.83. The average molecular weight is 454 g/mol. The van der Waals surface area contributed by atoms with E-state index in [1.807, 2.05) is 0 Å². The summed E-state index contributed by atoms with van der Waals surface area (Å²) in [5.41, 5.74) is -0.993. The fourth-order valence-corrected chi connectivity index (χ4v) is 5.12. The van der Waals surface area contributed by atoms with E-state index in [1.54, 1.807) is 12.1 Å². The Hall–Kier alpha value is -2.36. The van der Waals surface area contributed by atoms with Crippen molar-refractivity contribution in [2.45, 2.75) is 43.1 Å². The Morgan fingerprint density at radius 1 is 1.27 bits per heavy atom. The topological polar surface area (TPSA) is 122 Å². The van der Waals surface area contributed by atoms with Crippen LogP contribution < -0.4 is 10.0 Å². The zero-order valence-corrected chi connectivity index (χ0v) is 18.0. The lowest BCUT2D eigenvalue weighted by molar-refractivity contribution is -0.384. The Kier molecular flexibility index (Phi) is 6.54. The number of halogens is 1. The fraction of sp³-hybridized carbons (Fsp3) is 0.400. The van der Waals surface area contributed by atoms with Crippen LogP contribution in [0.1, 0.15) is 32.6 Å². The van der Waals surface area contributed by atoms with Crippen molar-refractivity contribution in [3.05, 3.63) is 57.6 Å². The van der Waals surface area contributed by atoms with Gasteiger partial charge in [0.2, 0.25) is 0 Å². The summed E-state index contributed by atoms with van der Waals surface area (Å²) >= 11 is 5.99. The molecule has 1 saturated carbocycles. The minimum absolute atomic E-state index is 0.155. The molecule has 3 rings (SSSR count). The van der Waals surface area contributed by atoms with E-state index in [9.17, 15) is 23.6 Å². The number of nitrogens with zero attached hydrogens (tertiary/aromatic N) is 1. The monoisotopic (exact) mass is 453 g/mol. The third-order valence-electron chi connectivity index (χ3n) is 5.27. The molecule has 0 radical (unpaired) electrons. The van der Waals surface area contributed by atoms with Gasteiger partial charge < -0.3 is 10.4 Å². The van der Waals surface area contributed by atoms with E-state index in [4.69, 9.17) is 11.6 Å². The molecule has 1 aliphatic rings. The molecule has 3 N–H and O–H groups in total. The summed E-state index contributed by atoms with van der Waals surface area (Å²) in [6.07, 6.45) is 3.17. The second-order valence-electron chi connectivity index (χ2n) is 7.80. The Bertz CT molecular complexity index is 1050. The van der Waals surface area contributed by atoms with Gasteiger partial charge in [-0.05, 0) is 43.0 Å². The van der Waals surface area contributed by atoms with E-state index in [2.05, 4.69) is 17.0 Å². The van der Waals surface area contributed by atoms with Crippen LogP contribution in [-0.4, -0.2) is 30.6 Å². The molecule has 0 saturated heterocycles. The van der Waals surface area contributed by atoms with Crippen molar-refractivity contribution < 1.29 is 18.4 Å². The molecule has 0 bridgehead atoms. The Morgan fingerprint density at radius 3 is 2.67 bits per heavy atom. The Labute approximate surface area is 180 Å². The quantitative estimate of drug-likeness (QED) is 0.422. The van der Waals surface area contributed by atoms with Crippen LogP contribution in [0.15, 0.2) is 47.4 Å². The van der Waals surface area contributed by atoms with Gasteiger partial charge in [0.15, 0.2) is 0 Å². The number of para-hydroxylation sites is 1. The number of nitro benzene ring substituents is 1. The van der Waals surface area contributed by atoms with Crippen molar-refractivity contribution in [1.29, 1.82) is 0 Å². The number of aliphatic hydroxyl groups is 1. The highest BCUT2D eigenvalue weighted by Crippen LogP contribution is 2.34.